The zero-order valence-electron chi connectivity index (χ0n) is 8.82. The van der Waals surface area contributed by atoms with Crippen molar-refractivity contribution in [3.05, 3.63) is 34.3 Å². The summed E-state index contributed by atoms with van der Waals surface area (Å²) < 4.78 is 10.3. The van der Waals surface area contributed by atoms with Gasteiger partial charge in [-0.1, -0.05) is 29.3 Å². The first-order valence-electron chi connectivity index (χ1n) is 4.96. The Kier molecular flexibility index (Phi) is 3.89. The van der Waals surface area contributed by atoms with E-state index in [1.165, 1.54) is 0 Å². The highest BCUT2D eigenvalue weighted by Gasteiger charge is 2.14. The lowest BCUT2D eigenvalue weighted by Gasteiger charge is -2.01. The third kappa shape index (κ3) is 2.72. The zero-order valence-corrected chi connectivity index (χ0v) is 10.3. The van der Waals surface area contributed by atoms with E-state index in [-0.39, 0.29) is 0 Å². The van der Waals surface area contributed by atoms with E-state index in [0.29, 0.717) is 40.4 Å². The molecule has 0 saturated heterocycles. The molecule has 0 atom stereocenters. The molecule has 0 radical (unpaired) electrons. The number of benzene rings is 1. The van der Waals surface area contributed by atoms with E-state index < -0.39 is 0 Å². The van der Waals surface area contributed by atoms with E-state index in [0.717, 1.165) is 0 Å². The van der Waals surface area contributed by atoms with Gasteiger partial charge in [0.05, 0.1) is 15.6 Å². The van der Waals surface area contributed by atoms with Gasteiger partial charge in [-0.15, -0.1) is 0 Å². The molecule has 2 aromatic rings. The molecule has 6 heteroatoms. The van der Waals surface area contributed by atoms with Crippen LogP contribution in [-0.2, 0) is 0 Å². The number of nitrogens with zero attached hydrogens (tertiary/aromatic N) is 1. The van der Waals surface area contributed by atoms with Crippen LogP contribution < -0.4 is 10.5 Å². The van der Waals surface area contributed by atoms with Gasteiger partial charge < -0.3 is 15.0 Å². The van der Waals surface area contributed by atoms with Crippen molar-refractivity contribution >= 4 is 23.2 Å². The minimum absolute atomic E-state index is 0.362. The van der Waals surface area contributed by atoms with Gasteiger partial charge in [-0.2, -0.15) is 0 Å². The first kappa shape index (κ1) is 12.2. The van der Waals surface area contributed by atoms with E-state index in [4.69, 9.17) is 38.2 Å². The summed E-state index contributed by atoms with van der Waals surface area (Å²) in [7, 11) is 0. The highest BCUT2D eigenvalue weighted by atomic mass is 35.5. The van der Waals surface area contributed by atoms with Crippen LogP contribution in [0.2, 0.25) is 10.0 Å². The van der Waals surface area contributed by atoms with Gasteiger partial charge in [-0.05, 0) is 17.3 Å². The Morgan fingerprint density at radius 3 is 2.65 bits per heavy atom. The quantitative estimate of drug-likeness (QED) is 0.930. The molecule has 17 heavy (non-hydrogen) atoms. The summed E-state index contributed by atoms with van der Waals surface area (Å²) in [6.07, 6.45) is 0. The summed E-state index contributed by atoms with van der Waals surface area (Å²) in [5.41, 5.74) is 5.92. The summed E-state index contributed by atoms with van der Waals surface area (Å²) in [6.45, 7) is 0.789. The predicted octanol–water partition coefficient (Wildman–Crippen LogP) is 2.99. The standard InChI is InChI=1S/C11H10Cl2N2O2/c12-7-2-1-3-8(13)11(7)9-6-10(15-17-9)16-5-4-14/h1-3,6H,4-5,14H2. The topological polar surface area (TPSA) is 61.3 Å². The van der Waals surface area contributed by atoms with Crippen molar-refractivity contribution in [2.75, 3.05) is 13.2 Å². The molecule has 4 nitrogen and oxygen atoms in total. The second-order valence-electron chi connectivity index (χ2n) is 3.26. The molecule has 2 rings (SSSR count). The lowest BCUT2D eigenvalue weighted by atomic mass is 10.2. The minimum atomic E-state index is 0.362. The Morgan fingerprint density at radius 1 is 1.29 bits per heavy atom. The van der Waals surface area contributed by atoms with Crippen LogP contribution in [0.15, 0.2) is 28.8 Å². The van der Waals surface area contributed by atoms with E-state index in [1.54, 1.807) is 24.3 Å². The molecule has 0 spiro atoms. The molecular weight excluding hydrogens is 263 g/mol. The molecule has 0 saturated carbocycles. The van der Waals surface area contributed by atoms with Crippen molar-refractivity contribution in [3.8, 4) is 17.2 Å². The fourth-order valence-electron chi connectivity index (χ4n) is 1.34. The zero-order chi connectivity index (χ0) is 12.3. The normalized spacial score (nSPS) is 10.5. The third-order valence-corrected chi connectivity index (χ3v) is 2.70. The van der Waals surface area contributed by atoms with Gasteiger partial charge >= 0.3 is 0 Å². The van der Waals surface area contributed by atoms with Crippen LogP contribution in [0.3, 0.4) is 0 Å². The summed E-state index contributed by atoms with van der Waals surface area (Å²) in [5, 5.41) is 4.74. The van der Waals surface area contributed by atoms with E-state index in [9.17, 15) is 0 Å². The van der Waals surface area contributed by atoms with Crippen molar-refractivity contribution in [2.45, 2.75) is 0 Å². The van der Waals surface area contributed by atoms with E-state index in [2.05, 4.69) is 5.16 Å². The fourth-order valence-corrected chi connectivity index (χ4v) is 1.93. The number of halogens is 2. The second kappa shape index (κ2) is 5.40. The molecule has 0 bridgehead atoms. The fraction of sp³-hybridized carbons (Fsp3) is 0.182. The Hall–Kier alpha value is -1.23. The van der Waals surface area contributed by atoms with Gasteiger partial charge in [0.15, 0.2) is 5.76 Å². The molecule has 1 aromatic heterocycles. The molecule has 0 fully saturated rings. The summed E-state index contributed by atoms with van der Waals surface area (Å²) in [4.78, 5) is 0. The second-order valence-corrected chi connectivity index (χ2v) is 4.08. The largest absolute Gasteiger partial charge is 0.474 e. The summed E-state index contributed by atoms with van der Waals surface area (Å²) in [5.74, 6) is 0.828. The maximum absolute atomic E-state index is 6.04. The predicted molar refractivity (Wildman–Crippen MR) is 66.5 cm³/mol. The van der Waals surface area contributed by atoms with Crippen LogP contribution in [0.5, 0.6) is 5.88 Å². The number of hydrogen-bond acceptors (Lipinski definition) is 4. The molecule has 90 valence electrons. The van der Waals surface area contributed by atoms with Gasteiger partial charge in [0.1, 0.15) is 6.61 Å². The molecular formula is C11H10Cl2N2O2. The SMILES string of the molecule is NCCOc1cc(-c2c(Cl)cccc2Cl)on1. The first-order chi connectivity index (χ1) is 8.22. The first-order valence-corrected chi connectivity index (χ1v) is 5.72. The smallest absolute Gasteiger partial charge is 0.254 e. The Morgan fingerprint density at radius 2 is 2.00 bits per heavy atom. The Bertz CT molecular complexity index is 494. The van der Waals surface area contributed by atoms with Gasteiger partial charge in [0, 0.05) is 12.6 Å². The van der Waals surface area contributed by atoms with E-state index in [1.807, 2.05) is 0 Å². The molecule has 0 unspecified atom stereocenters. The maximum atomic E-state index is 6.04. The number of aromatic nitrogens is 1. The van der Waals surface area contributed by atoms with Gasteiger partial charge in [0.25, 0.3) is 5.88 Å². The van der Waals surface area contributed by atoms with Gasteiger partial charge in [-0.25, -0.2) is 0 Å². The van der Waals surface area contributed by atoms with Crippen LogP contribution in [0.4, 0.5) is 0 Å². The van der Waals surface area contributed by atoms with Crippen molar-refractivity contribution < 1.29 is 9.26 Å². The van der Waals surface area contributed by atoms with E-state index >= 15 is 0 Å². The average molecular weight is 273 g/mol. The third-order valence-electron chi connectivity index (χ3n) is 2.07. The van der Waals surface area contributed by atoms with Crippen LogP contribution in [0.1, 0.15) is 0 Å². The van der Waals surface area contributed by atoms with Crippen LogP contribution >= 0.6 is 23.2 Å². The number of rotatable bonds is 4. The number of nitrogens with two attached hydrogens (primary N) is 1. The van der Waals surface area contributed by atoms with Crippen molar-refractivity contribution in [1.82, 2.24) is 5.16 Å². The summed E-state index contributed by atoms with van der Waals surface area (Å²) >= 11 is 12.1. The lowest BCUT2D eigenvalue weighted by molar-refractivity contribution is 0.288. The highest BCUT2D eigenvalue weighted by Crippen LogP contribution is 2.35. The molecule has 0 aliphatic carbocycles. The molecule has 0 aliphatic rings. The molecule has 0 amide bonds. The van der Waals surface area contributed by atoms with Crippen molar-refractivity contribution in [1.29, 1.82) is 0 Å². The molecule has 1 aromatic carbocycles. The molecule has 1 heterocycles. The van der Waals surface area contributed by atoms with Crippen molar-refractivity contribution in [2.24, 2.45) is 5.73 Å². The summed E-state index contributed by atoms with van der Waals surface area (Å²) in [6, 6.07) is 6.84. The maximum Gasteiger partial charge on any atom is 0.254 e. The van der Waals surface area contributed by atoms with Crippen LogP contribution in [-0.4, -0.2) is 18.3 Å². The average Bonchev–Trinajstić information content (AvgIpc) is 2.75. The lowest BCUT2D eigenvalue weighted by Crippen LogP contribution is -2.10. The Balaban J connectivity index is 2.30. The van der Waals surface area contributed by atoms with Gasteiger partial charge in [0.2, 0.25) is 0 Å². The number of hydrogen-bond donors (Lipinski definition) is 1. The minimum Gasteiger partial charge on any atom is -0.474 e. The van der Waals surface area contributed by atoms with Gasteiger partial charge in [-0.3, -0.25) is 0 Å². The van der Waals surface area contributed by atoms with Crippen molar-refractivity contribution in [3.63, 3.8) is 0 Å². The molecule has 2 N–H and O–H groups in total. The highest BCUT2D eigenvalue weighted by molar-refractivity contribution is 6.39. The molecule has 0 aliphatic heterocycles. The van der Waals surface area contributed by atoms with Crippen LogP contribution in [0, 0.1) is 0 Å². The monoisotopic (exact) mass is 272 g/mol. The Labute approximate surface area is 108 Å². The van der Waals surface area contributed by atoms with Crippen LogP contribution in [0.25, 0.3) is 11.3 Å². The number of ether oxygens (including phenoxy) is 1.